The van der Waals surface area contributed by atoms with Gasteiger partial charge in [0.25, 0.3) is 0 Å². The molecule has 2 aromatic rings. The number of rotatable bonds is 2. The van der Waals surface area contributed by atoms with Gasteiger partial charge in [-0.2, -0.15) is 11.3 Å². The van der Waals surface area contributed by atoms with Crippen molar-refractivity contribution in [3.63, 3.8) is 0 Å². The van der Waals surface area contributed by atoms with Crippen molar-refractivity contribution in [3.05, 3.63) is 63.5 Å². The number of carbonyl (C=O) groups excluding carboxylic acids is 2. The van der Waals surface area contributed by atoms with Gasteiger partial charge in [0.1, 0.15) is 0 Å². The molecule has 24 heavy (non-hydrogen) atoms. The van der Waals surface area contributed by atoms with Gasteiger partial charge >= 0.3 is 0 Å². The van der Waals surface area contributed by atoms with Gasteiger partial charge in [-0.25, -0.2) is 0 Å². The van der Waals surface area contributed by atoms with Crippen LogP contribution >= 0.6 is 11.3 Å². The van der Waals surface area contributed by atoms with Gasteiger partial charge in [0.15, 0.2) is 5.78 Å². The molecule has 1 aromatic heterocycles. The molecule has 0 fully saturated rings. The van der Waals surface area contributed by atoms with E-state index >= 15 is 0 Å². The summed E-state index contributed by atoms with van der Waals surface area (Å²) < 4.78 is 0. The maximum absolute atomic E-state index is 12.9. The molecule has 1 aliphatic heterocycles. The Morgan fingerprint density at radius 2 is 1.88 bits per heavy atom. The number of allylic oxidation sites excluding steroid dienone is 2. The highest BCUT2D eigenvalue weighted by molar-refractivity contribution is 7.08. The van der Waals surface area contributed by atoms with Crippen molar-refractivity contribution < 1.29 is 9.59 Å². The fraction of sp³-hybridized carbons (Fsp3) is 0.300. The van der Waals surface area contributed by atoms with Gasteiger partial charge in [-0.1, -0.05) is 17.7 Å². The zero-order valence-electron chi connectivity index (χ0n) is 13.6. The van der Waals surface area contributed by atoms with Crippen LogP contribution in [0.4, 0.5) is 5.69 Å². The van der Waals surface area contributed by atoms with Crippen molar-refractivity contribution in [2.75, 3.05) is 4.90 Å². The van der Waals surface area contributed by atoms with E-state index in [9.17, 15) is 9.59 Å². The van der Waals surface area contributed by atoms with Gasteiger partial charge in [0.2, 0.25) is 5.91 Å². The second kappa shape index (κ2) is 6.02. The van der Waals surface area contributed by atoms with E-state index in [-0.39, 0.29) is 17.6 Å². The van der Waals surface area contributed by atoms with Crippen molar-refractivity contribution in [1.29, 1.82) is 0 Å². The third-order valence-electron chi connectivity index (χ3n) is 4.91. The Hall–Kier alpha value is -2.20. The molecule has 1 atom stereocenters. The lowest BCUT2D eigenvalue weighted by molar-refractivity contribution is -0.119. The van der Waals surface area contributed by atoms with E-state index in [0.717, 1.165) is 40.9 Å². The van der Waals surface area contributed by atoms with Crippen LogP contribution in [0.15, 0.2) is 52.4 Å². The molecule has 1 aliphatic carbocycles. The third-order valence-corrected chi connectivity index (χ3v) is 5.61. The van der Waals surface area contributed by atoms with Crippen LogP contribution in [0, 0.1) is 6.92 Å². The Labute approximate surface area is 145 Å². The van der Waals surface area contributed by atoms with Gasteiger partial charge in [-0.3, -0.25) is 14.5 Å². The van der Waals surface area contributed by atoms with Gasteiger partial charge < -0.3 is 0 Å². The number of ketones is 1. The molecular weight excluding hydrogens is 318 g/mol. The topological polar surface area (TPSA) is 37.4 Å². The second-order valence-corrected chi connectivity index (χ2v) is 7.30. The van der Waals surface area contributed by atoms with Crippen molar-refractivity contribution in [3.8, 4) is 0 Å². The molecule has 3 nitrogen and oxygen atoms in total. The molecule has 0 N–H and O–H groups in total. The molecule has 1 aromatic carbocycles. The zero-order valence-corrected chi connectivity index (χ0v) is 14.4. The Bertz CT molecular complexity index is 818. The van der Waals surface area contributed by atoms with Crippen molar-refractivity contribution in [2.24, 2.45) is 0 Å². The Morgan fingerprint density at radius 3 is 2.58 bits per heavy atom. The highest BCUT2D eigenvalue weighted by atomic mass is 32.1. The van der Waals surface area contributed by atoms with E-state index in [1.54, 1.807) is 16.2 Å². The van der Waals surface area contributed by atoms with Gasteiger partial charge in [0.05, 0.1) is 0 Å². The molecule has 2 aliphatic rings. The minimum atomic E-state index is -0.0757. The number of hydrogen-bond donors (Lipinski definition) is 0. The lowest BCUT2D eigenvalue weighted by Crippen LogP contribution is -2.40. The van der Waals surface area contributed by atoms with E-state index in [1.165, 1.54) is 0 Å². The number of anilines is 1. The number of nitrogens with zero attached hydrogens (tertiary/aromatic N) is 1. The molecule has 4 rings (SSSR count). The molecule has 2 heterocycles. The first-order valence-electron chi connectivity index (χ1n) is 8.33. The van der Waals surface area contributed by atoms with Crippen LogP contribution in [0.1, 0.15) is 42.7 Å². The van der Waals surface area contributed by atoms with Crippen LogP contribution in [0.5, 0.6) is 0 Å². The van der Waals surface area contributed by atoms with Crippen molar-refractivity contribution in [2.45, 2.75) is 38.5 Å². The van der Waals surface area contributed by atoms with Crippen LogP contribution in [-0.4, -0.2) is 11.7 Å². The Morgan fingerprint density at radius 1 is 1.08 bits per heavy atom. The summed E-state index contributed by atoms with van der Waals surface area (Å²) in [5, 5.41) is 4.08. The summed E-state index contributed by atoms with van der Waals surface area (Å²) in [5.74, 6) is 0.216. The molecular formula is C20H19NO2S. The van der Waals surface area contributed by atoms with Crippen LogP contribution < -0.4 is 4.90 Å². The minimum Gasteiger partial charge on any atom is -0.294 e. The second-order valence-electron chi connectivity index (χ2n) is 6.52. The standard InChI is InChI=1S/C20H19NO2S/c1-13-5-7-15(8-6-13)21-17-3-2-4-18(22)20(17)16(11-19(21)23)14-9-10-24-12-14/h5-10,12,16H,2-4,11H2,1H3/t16-/m1/s1. The first-order chi connectivity index (χ1) is 11.6. The molecule has 0 unspecified atom stereocenters. The van der Waals surface area contributed by atoms with Gasteiger partial charge in [-0.15, -0.1) is 0 Å². The molecule has 0 radical (unpaired) electrons. The van der Waals surface area contributed by atoms with E-state index < -0.39 is 0 Å². The first-order valence-corrected chi connectivity index (χ1v) is 9.27. The maximum atomic E-state index is 12.9. The van der Waals surface area contributed by atoms with Crippen LogP contribution in [0.2, 0.25) is 0 Å². The fourth-order valence-electron chi connectivity index (χ4n) is 3.74. The Balaban J connectivity index is 1.85. The number of aryl methyl sites for hydroxylation is 1. The van der Waals surface area contributed by atoms with Gasteiger partial charge in [0, 0.05) is 35.7 Å². The monoisotopic (exact) mass is 337 g/mol. The molecule has 4 heteroatoms. The van der Waals surface area contributed by atoms with E-state index in [1.807, 2.05) is 42.6 Å². The number of benzene rings is 1. The van der Waals surface area contributed by atoms with Crippen LogP contribution in [0.3, 0.4) is 0 Å². The lowest BCUT2D eigenvalue weighted by atomic mass is 9.78. The first kappa shape index (κ1) is 15.3. The molecule has 0 saturated carbocycles. The number of hydrogen-bond acceptors (Lipinski definition) is 3. The highest BCUT2D eigenvalue weighted by Gasteiger charge is 2.39. The summed E-state index contributed by atoms with van der Waals surface area (Å²) in [7, 11) is 0. The van der Waals surface area contributed by atoms with E-state index in [2.05, 4.69) is 5.38 Å². The quantitative estimate of drug-likeness (QED) is 0.804. The predicted molar refractivity (Wildman–Crippen MR) is 96.2 cm³/mol. The summed E-state index contributed by atoms with van der Waals surface area (Å²) in [6, 6.07) is 10.0. The zero-order chi connectivity index (χ0) is 16.7. The normalized spacial score (nSPS) is 21.2. The fourth-order valence-corrected chi connectivity index (χ4v) is 4.46. The number of thiophene rings is 1. The summed E-state index contributed by atoms with van der Waals surface area (Å²) in [6.45, 7) is 2.03. The summed E-state index contributed by atoms with van der Waals surface area (Å²) in [6.07, 6.45) is 2.58. The van der Waals surface area contributed by atoms with Gasteiger partial charge in [-0.05, 0) is 54.3 Å². The average molecular weight is 337 g/mol. The average Bonchev–Trinajstić information content (AvgIpc) is 3.10. The van der Waals surface area contributed by atoms with Crippen molar-refractivity contribution in [1.82, 2.24) is 0 Å². The molecule has 122 valence electrons. The number of carbonyl (C=O) groups is 2. The number of Topliss-reactive ketones (excluding diaryl/α,β-unsaturated/α-hetero) is 1. The molecule has 0 saturated heterocycles. The summed E-state index contributed by atoms with van der Waals surface area (Å²) >= 11 is 1.62. The van der Waals surface area contributed by atoms with Crippen LogP contribution in [0.25, 0.3) is 0 Å². The minimum absolute atomic E-state index is 0.0757. The molecule has 0 spiro atoms. The van der Waals surface area contributed by atoms with Crippen molar-refractivity contribution >= 4 is 28.7 Å². The molecule has 1 amide bonds. The molecule has 0 bridgehead atoms. The highest BCUT2D eigenvalue weighted by Crippen LogP contribution is 2.43. The van der Waals surface area contributed by atoms with Crippen LogP contribution in [-0.2, 0) is 9.59 Å². The largest absolute Gasteiger partial charge is 0.294 e. The Kier molecular flexibility index (Phi) is 3.85. The smallest absolute Gasteiger partial charge is 0.232 e. The lowest BCUT2D eigenvalue weighted by Gasteiger charge is -2.38. The maximum Gasteiger partial charge on any atom is 0.232 e. The third kappa shape index (κ3) is 2.51. The SMILES string of the molecule is Cc1ccc(N2C(=O)C[C@H](c3ccsc3)C3=C2CCCC3=O)cc1. The van der Waals surface area contributed by atoms with E-state index in [0.29, 0.717) is 12.8 Å². The summed E-state index contributed by atoms with van der Waals surface area (Å²) in [5.41, 5.74) is 4.91. The number of amides is 1. The van der Waals surface area contributed by atoms with E-state index in [4.69, 9.17) is 0 Å². The predicted octanol–water partition coefficient (Wildman–Crippen LogP) is 4.58. The summed E-state index contributed by atoms with van der Waals surface area (Å²) in [4.78, 5) is 27.4.